The van der Waals surface area contributed by atoms with Crippen LogP contribution in [0.3, 0.4) is 0 Å². The lowest BCUT2D eigenvalue weighted by Gasteiger charge is -2.22. The van der Waals surface area contributed by atoms with Crippen molar-refractivity contribution >= 4 is 0 Å². The van der Waals surface area contributed by atoms with E-state index in [1.807, 2.05) is 0 Å². The fraction of sp³-hybridized carbons (Fsp3) is 0.571. The van der Waals surface area contributed by atoms with Gasteiger partial charge in [-0.3, -0.25) is 0 Å². The van der Waals surface area contributed by atoms with Gasteiger partial charge in [0.1, 0.15) is 0 Å². The van der Waals surface area contributed by atoms with Crippen LogP contribution < -0.4 is 5.73 Å². The van der Waals surface area contributed by atoms with E-state index in [1.54, 1.807) is 7.11 Å². The molecule has 0 aromatic heterocycles. The lowest BCUT2D eigenvalue weighted by Crippen LogP contribution is -2.24. The molecule has 0 radical (unpaired) electrons. The molecular weight excluding hydrogens is 198 g/mol. The Bertz CT molecular complexity index is 273. The van der Waals surface area contributed by atoms with Crippen LogP contribution in [0.1, 0.15) is 18.9 Å². The molecule has 2 nitrogen and oxygen atoms in total. The number of ether oxygens (including phenoxy) is 1. The first kappa shape index (κ1) is 13.2. The summed E-state index contributed by atoms with van der Waals surface area (Å²) in [5, 5.41) is 0. The predicted octanol–water partition coefficient (Wildman–Crippen LogP) is 2.48. The molecule has 0 fully saturated rings. The molecule has 0 aliphatic heterocycles. The van der Waals surface area contributed by atoms with E-state index in [0.717, 1.165) is 26.0 Å². The van der Waals surface area contributed by atoms with E-state index in [0.29, 0.717) is 11.8 Å². The summed E-state index contributed by atoms with van der Waals surface area (Å²) in [6.07, 6.45) is 2.16. The van der Waals surface area contributed by atoms with Crippen LogP contribution in [-0.2, 0) is 11.2 Å². The smallest absolute Gasteiger partial charge is 0.0464 e. The normalized spacial score (nSPS) is 14.7. The van der Waals surface area contributed by atoms with Gasteiger partial charge in [-0.05, 0) is 36.8 Å². The molecule has 0 saturated carbocycles. The molecule has 0 heterocycles. The molecule has 0 amide bonds. The lowest BCUT2D eigenvalue weighted by atomic mass is 9.86. The van der Waals surface area contributed by atoms with Crippen molar-refractivity contribution in [3.63, 3.8) is 0 Å². The van der Waals surface area contributed by atoms with Crippen LogP contribution in [0.5, 0.6) is 0 Å². The maximum absolute atomic E-state index is 5.85. The van der Waals surface area contributed by atoms with E-state index >= 15 is 0 Å². The minimum atomic E-state index is 0.553. The number of hydrogen-bond donors (Lipinski definition) is 1. The Morgan fingerprint density at radius 3 is 2.50 bits per heavy atom. The highest BCUT2D eigenvalue weighted by Gasteiger charge is 2.15. The number of hydrogen-bond acceptors (Lipinski definition) is 2. The van der Waals surface area contributed by atoms with E-state index in [2.05, 4.69) is 37.3 Å². The van der Waals surface area contributed by atoms with Crippen LogP contribution in [-0.4, -0.2) is 20.3 Å². The minimum Gasteiger partial charge on any atom is -0.385 e. The molecule has 1 aromatic rings. The van der Waals surface area contributed by atoms with E-state index < -0.39 is 0 Å². The maximum atomic E-state index is 5.85. The Morgan fingerprint density at radius 2 is 1.94 bits per heavy atom. The molecule has 2 unspecified atom stereocenters. The van der Waals surface area contributed by atoms with Crippen molar-refractivity contribution < 1.29 is 4.74 Å². The van der Waals surface area contributed by atoms with E-state index in [1.165, 1.54) is 5.56 Å². The van der Waals surface area contributed by atoms with Crippen LogP contribution in [0.2, 0.25) is 0 Å². The summed E-state index contributed by atoms with van der Waals surface area (Å²) in [5.74, 6) is 1.17. The molecule has 90 valence electrons. The zero-order valence-corrected chi connectivity index (χ0v) is 10.4. The largest absolute Gasteiger partial charge is 0.385 e. The Hall–Kier alpha value is -0.860. The van der Waals surface area contributed by atoms with Gasteiger partial charge in [-0.2, -0.15) is 0 Å². The van der Waals surface area contributed by atoms with Gasteiger partial charge in [-0.15, -0.1) is 0 Å². The summed E-state index contributed by atoms with van der Waals surface area (Å²) < 4.78 is 5.12. The summed E-state index contributed by atoms with van der Waals surface area (Å²) in [6, 6.07) is 10.6. The second kappa shape index (κ2) is 7.42. The predicted molar refractivity (Wildman–Crippen MR) is 68.3 cm³/mol. The third kappa shape index (κ3) is 4.33. The second-order valence-corrected chi connectivity index (χ2v) is 4.44. The molecule has 0 spiro atoms. The van der Waals surface area contributed by atoms with Crippen molar-refractivity contribution in [2.45, 2.75) is 19.8 Å². The maximum Gasteiger partial charge on any atom is 0.0464 e. The SMILES string of the molecule is COCCC(C)C(CN)Cc1ccccc1. The van der Waals surface area contributed by atoms with E-state index in [-0.39, 0.29) is 0 Å². The van der Waals surface area contributed by atoms with Crippen molar-refractivity contribution in [1.82, 2.24) is 0 Å². The third-order valence-electron chi connectivity index (χ3n) is 3.23. The molecule has 16 heavy (non-hydrogen) atoms. The molecule has 0 saturated heterocycles. The number of methoxy groups -OCH3 is 1. The summed E-state index contributed by atoms with van der Waals surface area (Å²) in [5.41, 5.74) is 7.23. The molecule has 2 atom stereocenters. The average molecular weight is 221 g/mol. The molecule has 2 N–H and O–H groups in total. The first-order valence-electron chi connectivity index (χ1n) is 6.00. The average Bonchev–Trinajstić information content (AvgIpc) is 2.34. The van der Waals surface area contributed by atoms with E-state index in [4.69, 9.17) is 10.5 Å². The summed E-state index contributed by atoms with van der Waals surface area (Å²) in [7, 11) is 1.75. The van der Waals surface area contributed by atoms with E-state index in [9.17, 15) is 0 Å². The minimum absolute atomic E-state index is 0.553. The topological polar surface area (TPSA) is 35.2 Å². The van der Waals surface area contributed by atoms with Crippen LogP contribution in [0.25, 0.3) is 0 Å². The zero-order chi connectivity index (χ0) is 11.8. The van der Waals surface area contributed by atoms with Gasteiger partial charge in [0.15, 0.2) is 0 Å². The number of nitrogens with two attached hydrogens (primary N) is 1. The second-order valence-electron chi connectivity index (χ2n) is 4.44. The number of rotatable bonds is 7. The molecule has 1 aromatic carbocycles. The highest BCUT2D eigenvalue weighted by Crippen LogP contribution is 2.19. The van der Waals surface area contributed by atoms with Crippen LogP contribution in [0.4, 0.5) is 0 Å². The van der Waals surface area contributed by atoms with Crippen molar-refractivity contribution in [3.05, 3.63) is 35.9 Å². The molecule has 0 aliphatic rings. The highest BCUT2D eigenvalue weighted by atomic mass is 16.5. The zero-order valence-electron chi connectivity index (χ0n) is 10.4. The molecule has 0 bridgehead atoms. The van der Waals surface area contributed by atoms with Gasteiger partial charge in [0.2, 0.25) is 0 Å². The quantitative estimate of drug-likeness (QED) is 0.767. The van der Waals surface area contributed by atoms with Crippen LogP contribution in [0, 0.1) is 11.8 Å². The third-order valence-corrected chi connectivity index (χ3v) is 3.23. The van der Waals surface area contributed by atoms with Gasteiger partial charge in [0.05, 0.1) is 0 Å². The van der Waals surface area contributed by atoms with Gasteiger partial charge in [-0.1, -0.05) is 37.3 Å². The monoisotopic (exact) mass is 221 g/mol. The standard InChI is InChI=1S/C14H23NO/c1-12(8-9-16-2)14(11-15)10-13-6-4-3-5-7-13/h3-7,12,14H,8-11,15H2,1-2H3. The Kier molecular flexibility index (Phi) is 6.12. The summed E-state index contributed by atoms with van der Waals surface area (Å²) in [4.78, 5) is 0. The fourth-order valence-electron chi connectivity index (χ4n) is 1.97. The van der Waals surface area contributed by atoms with Crippen LogP contribution >= 0.6 is 0 Å². The van der Waals surface area contributed by atoms with Gasteiger partial charge in [0.25, 0.3) is 0 Å². The summed E-state index contributed by atoms with van der Waals surface area (Å²) in [6.45, 7) is 3.84. The Morgan fingerprint density at radius 1 is 1.25 bits per heavy atom. The van der Waals surface area contributed by atoms with Gasteiger partial charge >= 0.3 is 0 Å². The first-order chi connectivity index (χ1) is 7.77. The van der Waals surface area contributed by atoms with Crippen molar-refractivity contribution in [2.24, 2.45) is 17.6 Å². The lowest BCUT2D eigenvalue weighted by molar-refractivity contribution is 0.166. The van der Waals surface area contributed by atoms with Crippen LogP contribution in [0.15, 0.2) is 30.3 Å². The van der Waals surface area contributed by atoms with Crippen molar-refractivity contribution in [1.29, 1.82) is 0 Å². The molecular formula is C14H23NO. The Labute approximate surface area is 98.8 Å². The molecule has 2 heteroatoms. The molecule has 1 rings (SSSR count). The van der Waals surface area contributed by atoms with Crippen molar-refractivity contribution in [3.8, 4) is 0 Å². The van der Waals surface area contributed by atoms with Gasteiger partial charge < -0.3 is 10.5 Å². The van der Waals surface area contributed by atoms with Crippen molar-refractivity contribution in [2.75, 3.05) is 20.3 Å². The van der Waals surface area contributed by atoms with Gasteiger partial charge in [0, 0.05) is 13.7 Å². The summed E-state index contributed by atoms with van der Waals surface area (Å²) >= 11 is 0. The first-order valence-corrected chi connectivity index (χ1v) is 6.00. The molecule has 0 aliphatic carbocycles. The Balaban J connectivity index is 2.48. The number of benzene rings is 1. The fourth-order valence-corrected chi connectivity index (χ4v) is 1.97. The highest BCUT2D eigenvalue weighted by molar-refractivity contribution is 5.15. The van der Waals surface area contributed by atoms with Gasteiger partial charge in [-0.25, -0.2) is 0 Å².